The Morgan fingerprint density at radius 3 is 3.00 bits per heavy atom. The average molecular weight is 282 g/mol. The summed E-state index contributed by atoms with van der Waals surface area (Å²) in [5.41, 5.74) is 7.45. The number of halogens is 1. The highest BCUT2D eigenvalue weighted by molar-refractivity contribution is 9.10. The van der Waals surface area contributed by atoms with Crippen molar-refractivity contribution in [3.63, 3.8) is 0 Å². The molecule has 0 unspecified atom stereocenters. The molecule has 0 aliphatic heterocycles. The Bertz CT molecular complexity index is 496. The van der Waals surface area contributed by atoms with Gasteiger partial charge < -0.3 is 10.5 Å². The van der Waals surface area contributed by atoms with Crippen LogP contribution in [-0.2, 0) is 13.7 Å². The number of nitrogens with zero attached hydrogens (tertiary/aromatic N) is 2. The van der Waals surface area contributed by atoms with E-state index in [1.54, 1.807) is 10.9 Å². The molecule has 0 saturated carbocycles. The number of aromatic nitrogens is 2. The summed E-state index contributed by atoms with van der Waals surface area (Å²) in [4.78, 5) is 0. The van der Waals surface area contributed by atoms with Crippen molar-refractivity contribution in [2.24, 2.45) is 7.05 Å². The standard InChI is InChI=1S/C11H12BrN3O/c1-15-6-8(5-14-15)7-16-10-4-2-3-9(13)11(10)12/h2-6H,7,13H2,1H3. The van der Waals surface area contributed by atoms with Gasteiger partial charge >= 0.3 is 0 Å². The maximum atomic E-state index is 5.75. The van der Waals surface area contributed by atoms with Crippen molar-refractivity contribution in [3.05, 3.63) is 40.6 Å². The topological polar surface area (TPSA) is 53.1 Å². The molecule has 1 aromatic heterocycles. The maximum Gasteiger partial charge on any atom is 0.136 e. The van der Waals surface area contributed by atoms with Crippen LogP contribution in [0, 0.1) is 0 Å². The number of hydrogen-bond donors (Lipinski definition) is 1. The van der Waals surface area contributed by atoms with Crippen LogP contribution >= 0.6 is 15.9 Å². The molecule has 0 atom stereocenters. The second-order valence-electron chi connectivity index (χ2n) is 3.47. The quantitative estimate of drug-likeness (QED) is 0.879. The minimum absolute atomic E-state index is 0.482. The van der Waals surface area contributed by atoms with E-state index >= 15 is 0 Å². The van der Waals surface area contributed by atoms with Crippen LogP contribution < -0.4 is 10.5 Å². The van der Waals surface area contributed by atoms with Crippen molar-refractivity contribution in [2.75, 3.05) is 5.73 Å². The lowest BCUT2D eigenvalue weighted by Gasteiger charge is -2.08. The second kappa shape index (κ2) is 4.57. The molecular formula is C11H12BrN3O. The molecule has 0 fully saturated rings. The Labute approximate surface area is 102 Å². The zero-order chi connectivity index (χ0) is 11.5. The van der Waals surface area contributed by atoms with Gasteiger partial charge in [-0.2, -0.15) is 5.10 Å². The first kappa shape index (κ1) is 11.0. The third-order valence-electron chi connectivity index (χ3n) is 2.15. The first-order valence-corrected chi connectivity index (χ1v) is 5.60. The van der Waals surface area contributed by atoms with E-state index < -0.39 is 0 Å². The van der Waals surface area contributed by atoms with E-state index in [2.05, 4.69) is 21.0 Å². The number of benzene rings is 1. The van der Waals surface area contributed by atoms with Crippen LogP contribution in [0.4, 0.5) is 5.69 Å². The van der Waals surface area contributed by atoms with Crippen molar-refractivity contribution in [1.82, 2.24) is 9.78 Å². The molecule has 2 rings (SSSR count). The summed E-state index contributed by atoms with van der Waals surface area (Å²) in [5.74, 6) is 0.740. The van der Waals surface area contributed by atoms with E-state index in [0.29, 0.717) is 12.3 Å². The molecule has 16 heavy (non-hydrogen) atoms. The zero-order valence-electron chi connectivity index (χ0n) is 8.85. The largest absolute Gasteiger partial charge is 0.488 e. The Hall–Kier alpha value is -1.49. The Balaban J connectivity index is 2.07. The fraction of sp³-hybridized carbons (Fsp3) is 0.182. The number of hydrogen-bond acceptors (Lipinski definition) is 3. The molecule has 0 amide bonds. The first-order valence-electron chi connectivity index (χ1n) is 4.81. The van der Waals surface area contributed by atoms with Gasteiger partial charge in [0, 0.05) is 24.5 Å². The van der Waals surface area contributed by atoms with E-state index in [4.69, 9.17) is 10.5 Å². The molecule has 0 radical (unpaired) electrons. The van der Waals surface area contributed by atoms with Crippen LogP contribution in [0.25, 0.3) is 0 Å². The second-order valence-corrected chi connectivity index (χ2v) is 4.26. The van der Waals surface area contributed by atoms with Gasteiger partial charge in [-0.05, 0) is 28.1 Å². The van der Waals surface area contributed by atoms with Crippen molar-refractivity contribution in [1.29, 1.82) is 0 Å². The van der Waals surface area contributed by atoms with E-state index in [1.165, 1.54) is 0 Å². The lowest BCUT2D eigenvalue weighted by atomic mass is 10.3. The summed E-state index contributed by atoms with van der Waals surface area (Å²) in [6.45, 7) is 0.482. The molecule has 2 N–H and O–H groups in total. The smallest absolute Gasteiger partial charge is 0.136 e. The average Bonchev–Trinajstić information content (AvgIpc) is 2.67. The zero-order valence-corrected chi connectivity index (χ0v) is 10.4. The van der Waals surface area contributed by atoms with Gasteiger partial charge in [-0.1, -0.05) is 6.07 Å². The molecular weight excluding hydrogens is 270 g/mol. The van der Waals surface area contributed by atoms with Gasteiger partial charge in [0.25, 0.3) is 0 Å². The van der Waals surface area contributed by atoms with Gasteiger partial charge in [-0.3, -0.25) is 4.68 Å². The fourth-order valence-corrected chi connectivity index (χ4v) is 1.73. The number of nitrogen functional groups attached to an aromatic ring is 1. The van der Waals surface area contributed by atoms with Crippen molar-refractivity contribution < 1.29 is 4.74 Å². The van der Waals surface area contributed by atoms with Crippen LogP contribution in [0.1, 0.15) is 5.56 Å². The van der Waals surface area contributed by atoms with Crippen molar-refractivity contribution in [3.8, 4) is 5.75 Å². The number of anilines is 1. The van der Waals surface area contributed by atoms with Crippen LogP contribution in [0.15, 0.2) is 35.1 Å². The molecule has 1 heterocycles. The van der Waals surface area contributed by atoms with E-state index in [-0.39, 0.29) is 0 Å². The van der Waals surface area contributed by atoms with E-state index in [0.717, 1.165) is 15.8 Å². The third-order valence-corrected chi connectivity index (χ3v) is 2.99. The minimum Gasteiger partial charge on any atom is -0.488 e. The van der Waals surface area contributed by atoms with Crippen molar-refractivity contribution in [2.45, 2.75) is 6.61 Å². The summed E-state index contributed by atoms with van der Waals surface area (Å²) in [5, 5.41) is 4.07. The van der Waals surface area contributed by atoms with Crippen LogP contribution in [0.5, 0.6) is 5.75 Å². The Kier molecular flexibility index (Phi) is 3.14. The van der Waals surface area contributed by atoms with Crippen LogP contribution in [0.3, 0.4) is 0 Å². The Morgan fingerprint density at radius 1 is 1.50 bits per heavy atom. The van der Waals surface area contributed by atoms with Crippen LogP contribution in [0.2, 0.25) is 0 Å². The first-order chi connectivity index (χ1) is 7.66. The molecule has 0 spiro atoms. The molecule has 0 aliphatic rings. The molecule has 4 nitrogen and oxygen atoms in total. The molecule has 0 saturated heterocycles. The van der Waals surface area contributed by atoms with Gasteiger partial charge in [0.15, 0.2) is 0 Å². The molecule has 0 bridgehead atoms. The summed E-state index contributed by atoms with van der Waals surface area (Å²) < 4.78 is 8.17. The van der Waals surface area contributed by atoms with E-state index in [9.17, 15) is 0 Å². The predicted molar refractivity (Wildman–Crippen MR) is 66.1 cm³/mol. The number of rotatable bonds is 3. The SMILES string of the molecule is Cn1cc(COc2cccc(N)c2Br)cn1. The summed E-state index contributed by atoms with van der Waals surface area (Å²) in [6.07, 6.45) is 3.69. The maximum absolute atomic E-state index is 5.75. The third kappa shape index (κ3) is 2.36. The van der Waals surface area contributed by atoms with E-state index in [1.807, 2.05) is 31.4 Å². The lowest BCUT2D eigenvalue weighted by molar-refractivity contribution is 0.304. The van der Waals surface area contributed by atoms with Gasteiger partial charge in [-0.25, -0.2) is 0 Å². The number of ether oxygens (including phenoxy) is 1. The van der Waals surface area contributed by atoms with Gasteiger partial charge in [0.2, 0.25) is 0 Å². The molecule has 2 aromatic rings. The van der Waals surface area contributed by atoms with Gasteiger partial charge in [0.1, 0.15) is 12.4 Å². The van der Waals surface area contributed by atoms with Crippen LogP contribution in [-0.4, -0.2) is 9.78 Å². The highest BCUT2D eigenvalue weighted by Gasteiger charge is 2.04. The normalized spacial score (nSPS) is 10.4. The number of aryl methyl sites for hydroxylation is 1. The molecule has 5 heteroatoms. The monoisotopic (exact) mass is 281 g/mol. The Morgan fingerprint density at radius 2 is 2.31 bits per heavy atom. The fourth-order valence-electron chi connectivity index (χ4n) is 1.35. The molecule has 84 valence electrons. The highest BCUT2D eigenvalue weighted by Crippen LogP contribution is 2.30. The predicted octanol–water partition coefficient (Wildman–Crippen LogP) is 2.34. The lowest BCUT2D eigenvalue weighted by Crippen LogP contribution is -1.96. The summed E-state index contributed by atoms with van der Waals surface area (Å²) in [6, 6.07) is 5.55. The minimum atomic E-state index is 0.482. The highest BCUT2D eigenvalue weighted by atomic mass is 79.9. The summed E-state index contributed by atoms with van der Waals surface area (Å²) >= 11 is 3.39. The molecule has 0 aliphatic carbocycles. The van der Waals surface area contributed by atoms with Crippen molar-refractivity contribution >= 4 is 21.6 Å². The van der Waals surface area contributed by atoms with Gasteiger partial charge in [-0.15, -0.1) is 0 Å². The number of nitrogens with two attached hydrogens (primary N) is 1. The van der Waals surface area contributed by atoms with Gasteiger partial charge in [0.05, 0.1) is 10.7 Å². The summed E-state index contributed by atoms with van der Waals surface area (Å²) in [7, 11) is 1.87. The molecule has 1 aromatic carbocycles.